The van der Waals surface area contributed by atoms with E-state index in [4.69, 9.17) is 20.8 Å². The van der Waals surface area contributed by atoms with Gasteiger partial charge in [0, 0.05) is 17.1 Å². The lowest BCUT2D eigenvalue weighted by Crippen LogP contribution is -2.17. The Balaban J connectivity index is 2.04. The third-order valence-corrected chi connectivity index (χ3v) is 4.11. The fourth-order valence-electron chi connectivity index (χ4n) is 2.60. The minimum atomic E-state index is -0.156. The van der Waals surface area contributed by atoms with Crippen LogP contribution in [0.25, 0.3) is 22.3 Å². The molecular weight excluding hydrogens is 338 g/mol. The van der Waals surface area contributed by atoms with E-state index in [0.717, 1.165) is 18.5 Å². The van der Waals surface area contributed by atoms with Crippen LogP contribution in [0.2, 0.25) is 5.02 Å². The molecule has 3 rings (SSSR count). The Bertz CT molecular complexity index is 916. The monoisotopic (exact) mass is 357 g/mol. The Morgan fingerprint density at radius 3 is 2.52 bits per heavy atom. The number of para-hydroxylation sites is 1. The van der Waals surface area contributed by atoms with Gasteiger partial charge in [0.15, 0.2) is 5.76 Å². The van der Waals surface area contributed by atoms with Crippen LogP contribution >= 0.6 is 11.6 Å². The van der Waals surface area contributed by atoms with Crippen LogP contribution in [-0.4, -0.2) is 32.1 Å². The van der Waals surface area contributed by atoms with Gasteiger partial charge in [-0.2, -0.15) is 0 Å². The van der Waals surface area contributed by atoms with Gasteiger partial charge < -0.3 is 14.1 Å². The first-order valence-corrected chi connectivity index (χ1v) is 8.53. The van der Waals surface area contributed by atoms with E-state index in [0.29, 0.717) is 28.4 Å². The molecule has 0 saturated heterocycles. The topological polar surface area (TPSA) is 42.7 Å². The molecule has 0 bridgehead atoms. The zero-order chi connectivity index (χ0) is 17.8. The molecule has 0 aliphatic rings. The molecular formula is C20H20ClNO3. The third-order valence-electron chi connectivity index (χ3n) is 3.86. The normalized spacial score (nSPS) is 11.2. The van der Waals surface area contributed by atoms with Crippen molar-refractivity contribution in [3.05, 3.63) is 63.8 Å². The van der Waals surface area contributed by atoms with Crippen molar-refractivity contribution in [2.75, 3.05) is 27.2 Å². The number of hydrogen-bond acceptors (Lipinski definition) is 4. The molecule has 0 unspecified atom stereocenters. The highest BCUT2D eigenvalue weighted by Gasteiger charge is 2.17. The summed E-state index contributed by atoms with van der Waals surface area (Å²) in [5, 5.41) is 1.14. The van der Waals surface area contributed by atoms with Crippen molar-refractivity contribution in [1.29, 1.82) is 0 Å². The van der Waals surface area contributed by atoms with Gasteiger partial charge in [-0.15, -0.1) is 0 Å². The van der Waals surface area contributed by atoms with E-state index in [9.17, 15) is 4.79 Å². The zero-order valence-corrected chi connectivity index (χ0v) is 15.0. The summed E-state index contributed by atoms with van der Waals surface area (Å²) in [7, 11) is 4.01. The summed E-state index contributed by atoms with van der Waals surface area (Å²) in [6, 6.07) is 14.4. The maximum atomic E-state index is 12.9. The lowest BCUT2D eigenvalue weighted by Gasteiger charge is -2.13. The molecule has 0 aliphatic heterocycles. The molecule has 130 valence electrons. The Morgan fingerprint density at radius 1 is 1.08 bits per heavy atom. The van der Waals surface area contributed by atoms with Crippen LogP contribution in [0.15, 0.2) is 57.7 Å². The molecule has 3 aromatic rings. The van der Waals surface area contributed by atoms with Crippen molar-refractivity contribution in [2.45, 2.75) is 6.42 Å². The van der Waals surface area contributed by atoms with E-state index in [1.54, 1.807) is 24.3 Å². The highest BCUT2D eigenvalue weighted by molar-refractivity contribution is 6.30. The van der Waals surface area contributed by atoms with Gasteiger partial charge in [-0.05, 0) is 56.9 Å². The molecule has 1 heterocycles. The highest BCUT2D eigenvalue weighted by atomic mass is 35.5. The number of halogens is 1. The number of hydrogen-bond donors (Lipinski definition) is 0. The van der Waals surface area contributed by atoms with E-state index in [2.05, 4.69) is 4.90 Å². The molecule has 0 spiro atoms. The van der Waals surface area contributed by atoms with Crippen LogP contribution < -0.4 is 10.2 Å². The van der Waals surface area contributed by atoms with Gasteiger partial charge in [-0.1, -0.05) is 23.7 Å². The molecule has 1 aromatic heterocycles. The molecule has 0 radical (unpaired) electrons. The second kappa shape index (κ2) is 7.72. The van der Waals surface area contributed by atoms with Crippen molar-refractivity contribution in [3.8, 4) is 17.1 Å². The fraction of sp³-hybridized carbons (Fsp3) is 0.250. The number of rotatable bonds is 6. The van der Waals surface area contributed by atoms with E-state index >= 15 is 0 Å². The van der Waals surface area contributed by atoms with Crippen molar-refractivity contribution in [2.24, 2.45) is 0 Å². The molecule has 25 heavy (non-hydrogen) atoms. The summed E-state index contributed by atoms with van der Waals surface area (Å²) in [4.78, 5) is 15.0. The van der Waals surface area contributed by atoms with Crippen molar-refractivity contribution in [1.82, 2.24) is 4.90 Å². The largest absolute Gasteiger partial charge is 0.486 e. The number of nitrogens with zero attached hydrogens (tertiary/aromatic N) is 1. The van der Waals surface area contributed by atoms with E-state index in [1.807, 2.05) is 38.4 Å². The lowest BCUT2D eigenvalue weighted by atomic mass is 10.1. The highest BCUT2D eigenvalue weighted by Crippen LogP contribution is 2.31. The van der Waals surface area contributed by atoms with Gasteiger partial charge >= 0.3 is 0 Å². The maximum Gasteiger partial charge on any atom is 0.235 e. The van der Waals surface area contributed by atoms with Crippen LogP contribution in [0.1, 0.15) is 6.42 Å². The number of ether oxygens (including phenoxy) is 1. The van der Waals surface area contributed by atoms with Gasteiger partial charge in [0.2, 0.25) is 11.2 Å². The summed E-state index contributed by atoms with van der Waals surface area (Å²) < 4.78 is 11.8. The molecule has 0 aliphatic carbocycles. The van der Waals surface area contributed by atoms with Gasteiger partial charge in [0.1, 0.15) is 5.58 Å². The number of fused-ring (bicyclic) bond motifs is 1. The fourth-order valence-corrected chi connectivity index (χ4v) is 2.73. The van der Waals surface area contributed by atoms with Crippen LogP contribution in [-0.2, 0) is 0 Å². The lowest BCUT2D eigenvalue weighted by molar-refractivity contribution is 0.276. The predicted octanol–water partition coefficient (Wildman–Crippen LogP) is 4.44. The SMILES string of the molecule is CN(C)CCCOc1c(-c2ccc(Cl)cc2)oc2ccccc2c1=O. The van der Waals surface area contributed by atoms with Gasteiger partial charge in [-0.3, -0.25) is 4.79 Å². The molecule has 4 nitrogen and oxygen atoms in total. The average Bonchev–Trinajstić information content (AvgIpc) is 2.60. The summed E-state index contributed by atoms with van der Waals surface area (Å²) >= 11 is 5.97. The second-order valence-electron chi connectivity index (χ2n) is 6.10. The summed E-state index contributed by atoms with van der Waals surface area (Å²) in [6.07, 6.45) is 0.819. The molecule has 0 amide bonds. The van der Waals surface area contributed by atoms with Gasteiger partial charge in [0.25, 0.3) is 0 Å². The van der Waals surface area contributed by atoms with Crippen LogP contribution in [0.4, 0.5) is 0 Å². The summed E-state index contributed by atoms with van der Waals surface area (Å²) in [6.45, 7) is 1.33. The minimum absolute atomic E-state index is 0.156. The summed E-state index contributed by atoms with van der Waals surface area (Å²) in [5.74, 6) is 0.685. The third kappa shape index (κ3) is 4.03. The standard InChI is InChI=1S/C20H20ClNO3/c1-22(2)12-5-13-24-20-18(23)16-6-3-4-7-17(16)25-19(20)14-8-10-15(21)11-9-14/h3-4,6-11H,5,12-13H2,1-2H3. The quantitative estimate of drug-likeness (QED) is 0.611. The van der Waals surface area contributed by atoms with E-state index in [-0.39, 0.29) is 11.2 Å². The number of benzene rings is 2. The van der Waals surface area contributed by atoms with Crippen LogP contribution in [0, 0.1) is 0 Å². The van der Waals surface area contributed by atoms with Gasteiger partial charge in [-0.25, -0.2) is 0 Å². The molecule has 2 aromatic carbocycles. The smallest absolute Gasteiger partial charge is 0.235 e. The molecule has 0 saturated carbocycles. The Kier molecular flexibility index (Phi) is 5.41. The first kappa shape index (κ1) is 17.5. The van der Waals surface area contributed by atoms with Crippen molar-refractivity contribution in [3.63, 3.8) is 0 Å². The van der Waals surface area contributed by atoms with E-state index in [1.165, 1.54) is 0 Å². The Labute approximate surface area is 151 Å². The van der Waals surface area contributed by atoms with Crippen LogP contribution in [0.3, 0.4) is 0 Å². The van der Waals surface area contributed by atoms with Crippen molar-refractivity contribution >= 4 is 22.6 Å². The zero-order valence-electron chi connectivity index (χ0n) is 14.3. The Morgan fingerprint density at radius 2 is 1.80 bits per heavy atom. The molecule has 5 heteroatoms. The van der Waals surface area contributed by atoms with Crippen molar-refractivity contribution < 1.29 is 9.15 Å². The molecule has 0 fully saturated rings. The first-order valence-electron chi connectivity index (χ1n) is 8.15. The molecule has 0 N–H and O–H groups in total. The minimum Gasteiger partial charge on any atom is -0.486 e. The van der Waals surface area contributed by atoms with Crippen LogP contribution in [0.5, 0.6) is 5.75 Å². The Hall–Kier alpha value is -2.30. The molecule has 0 atom stereocenters. The second-order valence-corrected chi connectivity index (χ2v) is 6.53. The van der Waals surface area contributed by atoms with Gasteiger partial charge in [0.05, 0.1) is 12.0 Å². The first-order chi connectivity index (χ1) is 12.1. The maximum absolute atomic E-state index is 12.9. The average molecular weight is 358 g/mol. The summed E-state index contributed by atoms with van der Waals surface area (Å²) in [5.41, 5.74) is 1.14. The van der Waals surface area contributed by atoms with E-state index < -0.39 is 0 Å². The predicted molar refractivity (Wildman–Crippen MR) is 102 cm³/mol.